The number of para-hydroxylation sites is 1. The van der Waals surface area contributed by atoms with E-state index in [1.807, 2.05) is 30.3 Å². The van der Waals surface area contributed by atoms with Gasteiger partial charge in [-0.15, -0.1) is 0 Å². The Morgan fingerprint density at radius 3 is 2.58 bits per heavy atom. The topological polar surface area (TPSA) is 56.2 Å². The number of nitrogens with zero attached hydrogens (tertiary/aromatic N) is 2. The first kappa shape index (κ1) is 15.7. The van der Waals surface area contributed by atoms with E-state index >= 15 is 0 Å². The van der Waals surface area contributed by atoms with Crippen LogP contribution in [0.5, 0.6) is 5.75 Å². The second kappa shape index (κ2) is 6.49. The first-order valence-electron chi connectivity index (χ1n) is 7.04. The van der Waals surface area contributed by atoms with Crippen molar-refractivity contribution in [2.75, 3.05) is 12.4 Å². The Bertz CT molecular complexity index is 879. The maximum Gasteiger partial charge on any atom is 0.280 e. The van der Waals surface area contributed by atoms with Crippen LogP contribution in [0.25, 0.3) is 5.69 Å². The average molecular weight is 329 g/mol. The van der Waals surface area contributed by atoms with Crippen molar-refractivity contribution in [3.8, 4) is 11.4 Å². The summed E-state index contributed by atoms with van der Waals surface area (Å²) in [4.78, 5) is 12.3. The van der Waals surface area contributed by atoms with Crippen LogP contribution in [0.1, 0.15) is 10.5 Å². The molecule has 0 atom stereocenters. The van der Waals surface area contributed by atoms with Crippen LogP contribution in [0.4, 0.5) is 14.5 Å². The van der Waals surface area contributed by atoms with Crippen molar-refractivity contribution in [1.82, 2.24) is 9.78 Å². The lowest BCUT2D eigenvalue weighted by Crippen LogP contribution is -2.15. The standard InChI is InChI=1S/C17H13F2N3O2/c1-24-15-10-22(12-5-3-2-4-6-12)21-16(15)17(23)20-14-8-7-11(18)9-13(14)19/h2-10H,1H3,(H,20,23). The van der Waals surface area contributed by atoms with Crippen LogP contribution in [-0.2, 0) is 0 Å². The van der Waals surface area contributed by atoms with Gasteiger partial charge in [0.15, 0.2) is 11.4 Å². The number of rotatable bonds is 4. The minimum Gasteiger partial charge on any atom is -0.493 e. The van der Waals surface area contributed by atoms with Gasteiger partial charge in [0, 0.05) is 6.07 Å². The van der Waals surface area contributed by atoms with E-state index in [9.17, 15) is 13.6 Å². The Kier molecular flexibility index (Phi) is 4.24. The van der Waals surface area contributed by atoms with Gasteiger partial charge in [-0.2, -0.15) is 5.10 Å². The van der Waals surface area contributed by atoms with E-state index in [0.29, 0.717) is 6.07 Å². The fourth-order valence-corrected chi connectivity index (χ4v) is 2.15. The molecule has 0 radical (unpaired) electrons. The second-order valence-electron chi connectivity index (χ2n) is 4.90. The molecule has 0 aliphatic carbocycles. The first-order chi connectivity index (χ1) is 11.6. The first-order valence-corrected chi connectivity index (χ1v) is 7.04. The normalized spacial score (nSPS) is 10.5. The summed E-state index contributed by atoms with van der Waals surface area (Å²) in [6.45, 7) is 0. The monoisotopic (exact) mass is 329 g/mol. The quantitative estimate of drug-likeness (QED) is 0.798. The van der Waals surface area contributed by atoms with Crippen LogP contribution >= 0.6 is 0 Å². The fourth-order valence-electron chi connectivity index (χ4n) is 2.15. The molecule has 3 rings (SSSR count). The number of methoxy groups -OCH3 is 1. The van der Waals surface area contributed by atoms with Crippen LogP contribution in [0.2, 0.25) is 0 Å². The van der Waals surface area contributed by atoms with E-state index in [4.69, 9.17) is 4.74 Å². The summed E-state index contributed by atoms with van der Waals surface area (Å²) in [5, 5.41) is 6.53. The van der Waals surface area contributed by atoms with Crippen molar-refractivity contribution in [3.05, 3.63) is 72.1 Å². The molecule has 0 aliphatic heterocycles. The van der Waals surface area contributed by atoms with Crippen LogP contribution in [0.15, 0.2) is 54.7 Å². The van der Waals surface area contributed by atoms with Crippen LogP contribution in [-0.4, -0.2) is 22.8 Å². The third-order valence-electron chi connectivity index (χ3n) is 3.32. The summed E-state index contributed by atoms with van der Waals surface area (Å²) in [6.07, 6.45) is 1.55. The van der Waals surface area contributed by atoms with E-state index in [2.05, 4.69) is 10.4 Å². The Labute approximate surface area is 136 Å². The predicted molar refractivity (Wildman–Crippen MR) is 84.4 cm³/mol. The highest BCUT2D eigenvalue weighted by atomic mass is 19.1. The molecule has 5 nitrogen and oxygen atoms in total. The smallest absolute Gasteiger partial charge is 0.280 e. The molecule has 1 aromatic heterocycles. The Morgan fingerprint density at radius 1 is 1.17 bits per heavy atom. The highest BCUT2D eigenvalue weighted by molar-refractivity contribution is 6.04. The zero-order chi connectivity index (χ0) is 17.1. The molecule has 1 N–H and O–H groups in total. The summed E-state index contributed by atoms with van der Waals surface area (Å²) < 4.78 is 33.2. The number of benzene rings is 2. The molecule has 1 heterocycles. The van der Waals surface area contributed by atoms with Gasteiger partial charge in [-0.25, -0.2) is 13.5 Å². The molecule has 0 spiro atoms. The Morgan fingerprint density at radius 2 is 1.92 bits per heavy atom. The van der Waals surface area contributed by atoms with Gasteiger partial charge < -0.3 is 10.1 Å². The van der Waals surface area contributed by atoms with Crippen molar-refractivity contribution in [1.29, 1.82) is 0 Å². The number of hydrogen-bond acceptors (Lipinski definition) is 3. The molecule has 0 saturated heterocycles. The van der Waals surface area contributed by atoms with Crippen molar-refractivity contribution < 1.29 is 18.3 Å². The maximum atomic E-state index is 13.7. The van der Waals surface area contributed by atoms with Gasteiger partial charge in [0.2, 0.25) is 0 Å². The molecule has 3 aromatic rings. The average Bonchev–Trinajstić information content (AvgIpc) is 3.02. The lowest BCUT2D eigenvalue weighted by molar-refractivity contribution is 0.101. The zero-order valence-electron chi connectivity index (χ0n) is 12.7. The van der Waals surface area contributed by atoms with E-state index in [0.717, 1.165) is 17.8 Å². The van der Waals surface area contributed by atoms with Gasteiger partial charge in [0.05, 0.1) is 24.7 Å². The zero-order valence-corrected chi connectivity index (χ0v) is 12.7. The van der Waals surface area contributed by atoms with Crippen molar-refractivity contribution in [2.24, 2.45) is 0 Å². The highest BCUT2D eigenvalue weighted by Gasteiger charge is 2.19. The number of carbonyl (C=O) groups is 1. The van der Waals surface area contributed by atoms with Crippen LogP contribution in [0.3, 0.4) is 0 Å². The number of ether oxygens (including phenoxy) is 1. The van der Waals surface area contributed by atoms with Crippen LogP contribution in [0, 0.1) is 11.6 Å². The van der Waals surface area contributed by atoms with Gasteiger partial charge in [0.25, 0.3) is 5.91 Å². The van der Waals surface area contributed by atoms with Crippen molar-refractivity contribution in [3.63, 3.8) is 0 Å². The number of halogens is 2. The molecular formula is C17H13F2N3O2. The fraction of sp³-hybridized carbons (Fsp3) is 0.0588. The number of anilines is 1. The minimum atomic E-state index is -0.871. The van der Waals surface area contributed by atoms with Crippen molar-refractivity contribution >= 4 is 11.6 Å². The highest BCUT2D eigenvalue weighted by Crippen LogP contribution is 2.22. The number of hydrogen-bond donors (Lipinski definition) is 1. The molecule has 2 aromatic carbocycles. The molecule has 0 fully saturated rings. The van der Waals surface area contributed by atoms with Gasteiger partial charge in [0.1, 0.15) is 11.6 Å². The Hall–Kier alpha value is -3.22. The van der Waals surface area contributed by atoms with E-state index in [-0.39, 0.29) is 17.1 Å². The van der Waals surface area contributed by atoms with Gasteiger partial charge in [-0.05, 0) is 24.3 Å². The summed E-state index contributed by atoms with van der Waals surface area (Å²) in [6, 6.07) is 12.0. The van der Waals surface area contributed by atoms with E-state index in [1.165, 1.54) is 11.8 Å². The molecule has 0 unspecified atom stereocenters. The number of nitrogens with one attached hydrogen (secondary N) is 1. The van der Waals surface area contributed by atoms with Gasteiger partial charge in [-0.3, -0.25) is 4.79 Å². The lowest BCUT2D eigenvalue weighted by Gasteiger charge is -2.05. The summed E-state index contributed by atoms with van der Waals surface area (Å²) in [7, 11) is 1.40. The number of carbonyl (C=O) groups excluding carboxylic acids is 1. The third-order valence-corrected chi connectivity index (χ3v) is 3.32. The summed E-state index contributed by atoms with van der Waals surface area (Å²) in [5.41, 5.74) is 0.589. The van der Waals surface area contributed by atoms with Crippen molar-refractivity contribution in [2.45, 2.75) is 0 Å². The molecular weight excluding hydrogens is 316 g/mol. The largest absolute Gasteiger partial charge is 0.493 e. The SMILES string of the molecule is COc1cn(-c2ccccc2)nc1C(=O)Nc1ccc(F)cc1F. The molecule has 24 heavy (non-hydrogen) atoms. The molecule has 122 valence electrons. The summed E-state index contributed by atoms with van der Waals surface area (Å²) >= 11 is 0. The maximum absolute atomic E-state index is 13.7. The minimum absolute atomic E-state index is 0.00919. The van der Waals surface area contributed by atoms with Gasteiger partial charge in [-0.1, -0.05) is 18.2 Å². The number of amides is 1. The molecule has 0 aliphatic rings. The molecule has 0 saturated carbocycles. The summed E-state index contributed by atoms with van der Waals surface area (Å²) in [5.74, 6) is -2.02. The number of aromatic nitrogens is 2. The van der Waals surface area contributed by atoms with Crippen LogP contribution < -0.4 is 10.1 Å². The lowest BCUT2D eigenvalue weighted by atomic mass is 10.3. The molecule has 1 amide bonds. The molecule has 0 bridgehead atoms. The van der Waals surface area contributed by atoms with E-state index in [1.54, 1.807) is 6.20 Å². The second-order valence-corrected chi connectivity index (χ2v) is 4.90. The Balaban J connectivity index is 1.90. The van der Waals surface area contributed by atoms with Gasteiger partial charge >= 0.3 is 0 Å². The third kappa shape index (κ3) is 3.10. The predicted octanol–water partition coefficient (Wildman–Crippen LogP) is 3.41. The van der Waals surface area contributed by atoms with E-state index < -0.39 is 17.5 Å². The molecule has 7 heteroatoms.